The van der Waals surface area contributed by atoms with Gasteiger partial charge in [-0.05, 0) is 61.9 Å². The van der Waals surface area contributed by atoms with Crippen molar-refractivity contribution < 1.29 is 5.11 Å². The summed E-state index contributed by atoms with van der Waals surface area (Å²) in [5.41, 5.74) is 10.9. The summed E-state index contributed by atoms with van der Waals surface area (Å²) in [6.45, 7) is 5.98. The van der Waals surface area contributed by atoms with E-state index in [2.05, 4.69) is 52.0 Å². The lowest BCUT2D eigenvalue weighted by Crippen LogP contribution is -2.48. The van der Waals surface area contributed by atoms with Crippen molar-refractivity contribution in [2.45, 2.75) is 52.7 Å². The molecule has 0 bridgehead atoms. The standard InChI is InChI=1S/C28H28N6O2/c1-4-19-9-5-6-11-23(19)34-21(14-20-10-7-8-17(2)24(20)28(34)36)15-33-27-25(26(29)30-16-31-27)22(32-33)13-12-18(3)35/h5-6,9-11,14,16,18,35H,4,7-8,15H2,1-3H3,(H2,29,30,31)/t18-/m1/s1. The molecule has 3 heterocycles. The number of nitrogen functional groups attached to an aromatic ring is 1. The topological polar surface area (TPSA) is 112 Å². The van der Waals surface area contributed by atoms with Crippen LogP contribution in [0.15, 0.2) is 41.5 Å². The molecule has 1 aromatic carbocycles. The number of aliphatic hydroxyl groups excluding tert-OH is 1. The second-order valence-corrected chi connectivity index (χ2v) is 9.02. The number of nitrogens with zero attached hydrogens (tertiary/aromatic N) is 5. The number of para-hydroxylation sites is 1. The number of aromatic nitrogens is 5. The quantitative estimate of drug-likeness (QED) is 0.430. The lowest BCUT2D eigenvalue weighted by molar-refractivity contribution is 0.253. The molecule has 0 amide bonds. The highest BCUT2D eigenvalue weighted by atomic mass is 16.3. The first-order valence-corrected chi connectivity index (χ1v) is 12.1. The summed E-state index contributed by atoms with van der Waals surface area (Å²) in [7, 11) is 0. The zero-order valence-corrected chi connectivity index (χ0v) is 20.6. The lowest BCUT2D eigenvalue weighted by atomic mass is 10.0. The number of benzene rings is 1. The molecule has 0 spiro atoms. The van der Waals surface area contributed by atoms with Crippen LogP contribution >= 0.6 is 0 Å². The van der Waals surface area contributed by atoms with Gasteiger partial charge in [0.05, 0.1) is 17.6 Å². The molecule has 3 N–H and O–H groups in total. The fraction of sp³-hybridized carbons (Fsp3) is 0.286. The minimum Gasteiger partial charge on any atom is -0.383 e. The molecule has 1 atom stereocenters. The van der Waals surface area contributed by atoms with Gasteiger partial charge in [0.15, 0.2) is 5.65 Å². The molecule has 3 aromatic heterocycles. The van der Waals surface area contributed by atoms with Crippen LogP contribution in [0.4, 0.5) is 5.82 Å². The summed E-state index contributed by atoms with van der Waals surface area (Å²) in [6, 6.07) is 10.1. The Labute approximate surface area is 208 Å². The zero-order chi connectivity index (χ0) is 25.4. The fourth-order valence-electron chi connectivity index (χ4n) is 4.80. The number of anilines is 1. The first-order valence-electron chi connectivity index (χ1n) is 12.1. The minimum atomic E-state index is -0.817. The molecule has 8 heteroatoms. The van der Waals surface area contributed by atoms with Gasteiger partial charge in [-0.2, -0.15) is 5.10 Å². The van der Waals surface area contributed by atoms with Crippen molar-refractivity contribution in [2.75, 3.05) is 5.73 Å². The van der Waals surface area contributed by atoms with E-state index in [0.717, 1.165) is 52.2 Å². The molecule has 36 heavy (non-hydrogen) atoms. The third-order valence-electron chi connectivity index (χ3n) is 6.51. The highest BCUT2D eigenvalue weighted by Crippen LogP contribution is 2.22. The number of aryl methyl sites for hydroxylation is 1. The average molecular weight is 481 g/mol. The Kier molecular flexibility index (Phi) is 6.17. The average Bonchev–Trinajstić information content (AvgIpc) is 3.21. The van der Waals surface area contributed by atoms with Gasteiger partial charge >= 0.3 is 0 Å². The Morgan fingerprint density at radius 3 is 2.83 bits per heavy atom. The van der Waals surface area contributed by atoms with Crippen LogP contribution in [0, 0.1) is 11.8 Å². The summed E-state index contributed by atoms with van der Waals surface area (Å²) < 4.78 is 3.50. The van der Waals surface area contributed by atoms with Gasteiger partial charge in [-0.3, -0.25) is 9.36 Å². The van der Waals surface area contributed by atoms with E-state index in [0.29, 0.717) is 16.7 Å². The van der Waals surface area contributed by atoms with E-state index in [1.807, 2.05) is 25.1 Å². The maximum atomic E-state index is 14.0. The first-order chi connectivity index (χ1) is 17.4. The van der Waals surface area contributed by atoms with Gasteiger partial charge in [0.25, 0.3) is 5.56 Å². The van der Waals surface area contributed by atoms with Gasteiger partial charge in [0.2, 0.25) is 0 Å². The number of hydrogen-bond acceptors (Lipinski definition) is 6. The normalized spacial score (nSPS) is 13.6. The fourth-order valence-corrected chi connectivity index (χ4v) is 4.80. The summed E-state index contributed by atoms with van der Waals surface area (Å²) in [6.07, 6.45) is 5.28. The number of rotatable bonds is 4. The SMILES string of the molecule is CCc1ccccc1-n1c(Cn2nc(C#C[C@@H](C)O)c3c(N)ncnc32)cc2c(c1=O)=C(C)CCC=2. The van der Waals surface area contributed by atoms with Gasteiger partial charge in [-0.1, -0.05) is 42.7 Å². The van der Waals surface area contributed by atoms with Crippen LogP contribution in [0.3, 0.4) is 0 Å². The molecule has 0 aliphatic heterocycles. The Morgan fingerprint density at radius 1 is 1.25 bits per heavy atom. The molecule has 0 fully saturated rings. The van der Waals surface area contributed by atoms with E-state index in [1.54, 1.807) is 16.2 Å². The predicted molar refractivity (Wildman–Crippen MR) is 141 cm³/mol. The van der Waals surface area contributed by atoms with Crippen molar-refractivity contribution >= 4 is 28.5 Å². The lowest BCUT2D eigenvalue weighted by Gasteiger charge is -2.18. The highest BCUT2D eigenvalue weighted by molar-refractivity contribution is 5.90. The van der Waals surface area contributed by atoms with Gasteiger partial charge in [0.1, 0.15) is 23.9 Å². The number of hydrogen-bond donors (Lipinski definition) is 2. The van der Waals surface area contributed by atoms with Gasteiger partial charge in [-0.25, -0.2) is 14.6 Å². The van der Waals surface area contributed by atoms with Crippen LogP contribution in [0.2, 0.25) is 0 Å². The van der Waals surface area contributed by atoms with E-state index in [-0.39, 0.29) is 17.9 Å². The number of pyridine rings is 1. The van der Waals surface area contributed by atoms with Crippen molar-refractivity contribution in [3.8, 4) is 17.5 Å². The molecular weight excluding hydrogens is 452 g/mol. The van der Waals surface area contributed by atoms with Crippen LogP contribution in [-0.2, 0) is 13.0 Å². The monoisotopic (exact) mass is 480 g/mol. The van der Waals surface area contributed by atoms with Crippen LogP contribution in [0.1, 0.15) is 50.6 Å². The second kappa shape index (κ2) is 9.44. The Morgan fingerprint density at radius 2 is 2.06 bits per heavy atom. The molecular formula is C28H28N6O2. The maximum Gasteiger partial charge on any atom is 0.263 e. The molecule has 1 aliphatic carbocycles. The molecule has 0 saturated carbocycles. The summed E-state index contributed by atoms with van der Waals surface area (Å²) in [5, 5.41) is 16.6. The summed E-state index contributed by atoms with van der Waals surface area (Å²) in [5.74, 6) is 5.88. The minimum absolute atomic E-state index is 0.0310. The first kappa shape index (κ1) is 23.5. The number of fused-ring (bicyclic) bond motifs is 2. The Balaban J connectivity index is 1.80. The Hall–Kier alpha value is -4.22. The smallest absolute Gasteiger partial charge is 0.263 e. The molecule has 0 unspecified atom stereocenters. The van der Waals surface area contributed by atoms with Crippen molar-refractivity contribution in [2.24, 2.45) is 0 Å². The third-order valence-corrected chi connectivity index (χ3v) is 6.51. The van der Waals surface area contributed by atoms with E-state index in [9.17, 15) is 9.90 Å². The molecule has 8 nitrogen and oxygen atoms in total. The van der Waals surface area contributed by atoms with Crippen molar-refractivity contribution in [1.29, 1.82) is 0 Å². The molecule has 4 aromatic rings. The van der Waals surface area contributed by atoms with Gasteiger partial charge in [0, 0.05) is 10.9 Å². The molecule has 0 saturated heterocycles. The van der Waals surface area contributed by atoms with Crippen molar-refractivity contribution in [3.05, 3.63) is 74.4 Å². The molecule has 0 radical (unpaired) electrons. The van der Waals surface area contributed by atoms with Crippen molar-refractivity contribution in [3.63, 3.8) is 0 Å². The van der Waals surface area contributed by atoms with Gasteiger partial charge in [-0.15, -0.1) is 0 Å². The number of aliphatic hydroxyl groups is 1. The van der Waals surface area contributed by atoms with Gasteiger partial charge < -0.3 is 10.8 Å². The van der Waals surface area contributed by atoms with Crippen LogP contribution in [0.25, 0.3) is 28.4 Å². The van der Waals surface area contributed by atoms with Crippen molar-refractivity contribution in [1.82, 2.24) is 24.3 Å². The van der Waals surface area contributed by atoms with E-state index >= 15 is 0 Å². The summed E-state index contributed by atoms with van der Waals surface area (Å²) in [4.78, 5) is 22.5. The molecule has 1 aliphatic rings. The van der Waals surface area contributed by atoms with Crippen LogP contribution in [-0.4, -0.2) is 35.5 Å². The predicted octanol–water partition coefficient (Wildman–Crippen LogP) is 1.65. The van der Waals surface area contributed by atoms with Crippen LogP contribution in [0.5, 0.6) is 0 Å². The van der Waals surface area contributed by atoms with Crippen LogP contribution < -0.4 is 21.7 Å². The second-order valence-electron chi connectivity index (χ2n) is 9.02. The number of nitrogens with two attached hydrogens (primary N) is 1. The largest absolute Gasteiger partial charge is 0.383 e. The molecule has 5 rings (SSSR count). The zero-order valence-electron chi connectivity index (χ0n) is 20.6. The molecule has 182 valence electrons. The van der Waals surface area contributed by atoms with E-state index in [4.69, 9.17) is 5.73 Å². The van der Waals surface area contributed by atoms with E-state index < -0.39 is 6.10 Å². The Bertz CT molecular complexity index is 1730. The summed E-state index contributed by atoms with van der Waals surface area (Å²) >= 11 is 0. The maximum absolute atomic E-state index is 14.0. The van der Waals surface area contributed by atoms with E-state index in [1.165, 1.54) is 6.33 Å². The third kappa shape index (κ3) is 4.08. The highest BCUT2D eigenvalue weighted by Gasteiger charge is 2.19.